The summed E-state index contributed by atoms with van der Waals surface area (Å²) in [5, 5.41) is 2.79. The molecule has 0 aliphatic rings. The smallest absolute Gasteiger partial charge is 0.338 e. The molecule has 1 rings (SSSR count). The molecule has 1 amide bonds. The van der Waals surface area contributed by atoms with Crippen LogP contribution in [0, 0.1) is 0 Å². The molecule has 0 saturated heterocycles. The Morgan fingerprint density at radius 3 is 2.35 bits per heavy atom. The van der Waals surface area contributed by atoms with Crippen molar-refractivity contribution in [3.63, 3.8) is 0 Å². The van der Waals surface area contributed by atoms with Crippen molar-refractivity contribution in [2.75, 3.05) is 6.61 Å². The van der Waals surface area contributed by atoms with Crippen molar-refractivity contribution in [3.8, 4) is 0 Å². The van der Waals surface area contributed by atoms with Gasteiger partial charge in [-0.15, -0.1) is 0 Å². The molecule has 0 unspecified atom stereocenters. The molecule has 0 saturated carbocycles. The van der Waals surface area contributed by atoms with Crippen molar-refractivity contribution < 1.29 is 19.1 Å². The van der Waals surface area contributed by atoms with Gasteiger partial charge in [0.1, 0.15) is 6.61 Å². The summed E-state index contributed by atoms with van der Waals surface area (Å²) in [5.74, 6) is -0.715. The average Bonchev–Trinajstić information content (AvgIpc) is 2.43. The van der Waals surface area contributed by atoms with Crippen LogP contribution in [0.2, 0.25) is 0 Å². The van der Waals surface area contributed by atoms with Crippen molar-refractivity contribution in [2.24, 2.45) is 0 Å². The van der Waals surface area contributed by atoms with Gasteiger partial charge in [0.2, 0.25) is 5.91 Å². The number of carbonyl (C=O) groups is 3. The molecule has 1 N–H and O–H groups in total. The number of hydrogen-bond acceptors (Lipinski definition) is 4. The maximum atomic E-state index is 11.6. The van der Waals surface area contributed by atoms with Crippen molar-refractivity contribution in [2.45, 2.75) is 33.2 Å². The molecule has 0 aliphatic carbocycles. The van der Waals surface area contributed by atoms with Crippen LogP contribution in [0.25, 0.3) is 0 Å². The van der Waals surface area contributed by atoms with Gasteiger partial charge in [-0.25, -0.2) is 4.79 Å². The summed E-state index contributed by atoms with van der Waals surface area (Å²) in [6, 6.07) is 6.72. The van der Waals surface area contributed by atoms with E-state index in [2.05, 4.69) is 5.32 Å². The molecule has 0 fully saturated rings. The number of ether oxygens (including phenoxy) is 1. The highest BCUT2D eigenvalue weighted by atomic mass is 16.5. The average molecular weight is 277 g/mol. The summed E-state index contributed by atoms with van der Waals surface area (Å²) in [7, 11) is 0. The Hall–Kier alpha value is -2.17. The molecule has 0 radical (unpaired) electrons. The highest BCUT2D eigenvalue weighted by Crippen LogP contribution is 2.06. The highest BCUT2D eigenvalue weighted by Gasteiger charge is 2.08. The van der Waals surface area contributed by atoms with Gasteiger partial charge in [0, 0.05) is 13.0 Å². The van der Waals surface area contributed by atoms with E-state index in [1.54, 1.807) is 24.3 Å². The van der Waals surface area contributed by atoms with Crippen LogP contribution >= 0.6 is 0 Å². The first kappa shape index (κ1) is 15.9. The van der Waals surface area contributed by atoms with Crippen molar-refractivity contribution in [1.29, 1.82) is 0 Å². The Morgan fingerprint density at radius 1 is 1.15 bits per heavy atom. The second-order valence-corrected chi connectivity index (χ2v) is 4.50. The van der Waals surface area contributed by atoms with Crippen LogP contribution in [0.1, 0.15) is 42.6 Å². The number of Topliss-reactive ketones (excluding diaryl/α,β-unsaturated/α-hetero) is 1. The lowest BCUT2D eigenvalue weighted by Gasteiger charge is -2.06. The Bertz CT molecular complexity index is 479. The largest absolute Gasteiger partial charge is 0.454 e. The van der Waals surface area contributed by atoms with Gasteiger partial charge in [-0.05, 0) is 31.0 Å². The van der Waals surface area contributed by atoms with E-state index >= 15 is 0 Å². The molecule has 5 heteroatoms. The molecular weight excluding hydrogens is 258 g/mol. The minimum absolute atomic E-state index is 0.0115. The van der Waals surface area contributed by atoms with Crippen molar-refractivity contribution in [1.82, 2.24) is 5.32 Å². The van der Waals surface area contributed by atoms with Crippen molar-refractivity contribution >= 4 is 17.7 Å². The maximum absolute atomic E-state index is 11.6. The van der Waals surface area contributed by atoms with Crippen LogP contribution in [0.15, 0.2) is 24.3 Å². The van der Waals surface area contributed by atoms with E-state index in [1.807, 2.05) is 6.92 Å². The number of nitrogens with one attached hydrogen (secondary N) is 1. The first-order valence-corrected chi connectivity index (χ1v) is 6.55. The van der Waals surface area contributed by atoms with E-state index in [4.69, 9.17) is 4.74 Å². The Balaban J connectivity index is 2.49. The van der Waals surface area contributed by atoms with Gasteiger partial charge in [-0.1, -0.05) is 19.1 Å². The van der Waals surface area contributed by atoms with E-state index in [0.29, 0.717) is 18.5 Å². The first-order valence-electron chi connectivity index (χ1n) is 6.55. The lowest BCUT2D eigenvalue weighted by atomic mass is 10.1. The molecule has 20 heavy (non-hydrogen) atoms. The fourth-order valence-corrected chi connectivity index (χ4v) is 1.53. The molecule has 0 aromatic heterocycles. The van der Waals surface area contributed by atoms with Gasteiger partial charge in [0.15, 0.2) is 5.78 Å². The van der Waals surface area contributed by atoms with Crippen LogP contribution in [0.3, 0.4) is 0 Å². The number of esters is 1. The van der Waals surface area contributed by atoms with E-state index in [0.717, 1.165) is 12.0 Å². The van der Waals surface area contributed by atoms with Gasteiger partial charge >= 0.3 is 5.97 Å². The van der Waals surface area contributed by atoms with E-state index in [1.165, 1.54) is 6.92 Å². The SMILES string of the molecule is CCCC(=O)NCc1ccc(C(=O)OCC(C)=O)cc1. The fraction of sp³-hybridized carbons (Fsp3) is 0.400. The summed E-state index contributed by atoms with van der Waals surface area (Å²) in [6.45, 7) is 3.52. The molecule has 0 aliphatic heterocycles. The Labute approximate surface area is 118 Å². The standard InChI is InChI=1S/C15H19NO4/c1-3-4-14(18)16-9-12-5-7-13(8-6-12)15(19)20-10-11(2)17/h5-8H,3-4,9-10H2,1-2H3,(H,16,18). The quantitative estimate of drug-likeness (QED) is 0.772. The van der Waals surface area contributed by atoms with E-state index < -0.39 is 5.97 Å². The second kappa shape index (κ2) is 8.09. The van der Waals surface area contributed by atoms with E-state index in [-0.39, 0.29) is 18.3 Å². The number of hydrogen-bond donors (Lipinski definition) is 1. The highest BCUT2D eigenvalue weighted by molar-refractivity contribution is 5.91. The summed E-state index contributed by atoms with van der Waals surface area (Å²) in [6.07, 6.45) is 1.32. The molecule has 0 heterocycles. The van der Waals surface area contributed by atoms with Crippen LogP contribution in [-0.2, 0) is 20.9 Å². The van der Waals surface area contributed by atoms with Crippen LogP contribution in [-0.4, -0.2) is 24.3 Å². The van der Waals surface area contributed by atoms with Crippen LogP contribution in [0.5, 0.6) is 0 Å². The molecule has 108 valence electrons. The lowest BCUT2D eigenvalue weighted by Crippen LogP contribution is -2.22. The molecule has 5 nitrogen and oxygen atoms in total. The third-order valence-electron chi connectivity index (χ3n) is 2.56. The minimum atomic E-state index is -0.526. The predicted octanol–water partition coefficient (Wildman–Crippen LogP) is 1.85. The molecular formula is C15H19NO4. The fourth-order valence-electron chi connectivity index (χ4n) is 1.53. The number of rotatable bonds is 7. The number of carbonyl (C=O) groups excluding carboxylic acids is 3. The maximum Gasteiger partial charge on any atom is 0.338 e. The first-order chi connectivity index (χ1) is 9.52. The molecule has 0 bridgehead atoms. The van der Waals surface area contributed by atoms with Crippen molar-refractivity contribution in [3.05, 3.63) is 35.4 Å². The van der Waals surface area contributed by atoms with Gasteiger partial charge in [0.25, 0.3) is 0 Å². The third-order valence-corrected chi connectivity index (χ3v) is 2.56. The zero-order valence-electron chi connectivity index (χ0n) is 11.8. The van der Waals surface area contributed by atoms with Gasteiger partial charge in [-0.3, -0.25) is 9.59 Å². The predicted molar refractivity (Wildman–Crippen MR) is 74.2 cm³/mol. The Kier molecular flexibility index (Phi) is 6.43. The summed E-state index contributed by atoms with van der Waals surface area (Å²) < 4.78 is 4.80. The third kappa shape index (κ3) is 5.65. The summed E-state index contributed by atoms with van der Waals surface area (Å²) in [5.41, 5.74) is 1.28. The van der Waals surface area contributed by atoms with Gasteiger partial charge in [-0.2, -0.15) is 0 Å². The molecule has 0 spiro atoms. The minimum Gasteiger partial charge on any atom is -0.454 e. The summed E-state index contributed by atoms with van der Waals surface area (Å²) in [4.78, 5) is 33.6. The number of ketones is 1. The normalized spacial score (nSPS) is 9.90. The topological polar surface area (TPSA) is 72.5 Å². The monoisotopic (exact) mass is 277 g/mol. The van der Waals surface area contributed by atoms with Gasteiger partial charge in [0.05, 0.1) is 5.56 Å². The lowest BCUT2D eigenvalue weighted by molar-refractivity contribution is -0.121. The number of amides is 1. The van der Waals surface area contributed by atoms with Crippen LogP contribution < -0.4 is 5.32 Å². The second-order valence-electron chi connectivity index (χ2n) is 4.50. The van der Waals surface area contributed by atoms with Crippen LogP contribution in [0.4, 0.5) is 0 Å². The zero-order valence-corrected chi connectivity index (χ0v) is 11.8. The zero-order chi connectivity index (χ0) is 15.0. The molecule has 0 atom stereocenters. The van der Waals surface area contributed by atoms with Gasteiger partial charge < -0.3 is 10.1 Å². The Morgan fingerprint density at radius 2 is 1.80 bits per heavy atom. The molecule has 1 aromatic rings. The molecule has 1 aromatic carbocycles. The summed E-state index contributed by atoms with van der Waals surface area (Å²) >= 11 is 0. The number of benzene rings is 1. The van der Waals surface area contributed by atoms with E-state index in [9.17, 15) is 14.4 Å².